The Balaban J connectivity index is 1.77. The Morgan fingerprint density at radius 2 is 1.96 bits per heavy atom. The first-order chi connectivity index (χ1) is 11.7. The van der Waals surface area contributed by atoms with Gasteiger partial charge < -0.3 is 15.0 Å². The molecule has 0 spiro atoms. The van der Waals surface area contributed by atoms with Gasteiger partial charge in [0.05, 0.1) is 17.3 Å². The van der Waals surface area contributed by atoms with Crippen LogP contribution in [0.4, 0.5) is 0 Å². The van der Waals surface area contributed by atoms with E-state index in [0.717, 1.165) is 38.0 Å². The van der Waals surface area contributed by atoms with Crippen molar-refractivity contribution in [3.63, 3.8) is 0 Å². The van der Waals surface area contributed by atoms with Crippen molar-refractivity contribution in [1.82, 2.24) is 25.2 Å². The molecule has 1 saturated carbocycles. The molecule has 1 aromatic heterocycles. The zero-order valence-electron chi connectivity index (χ0n) is 16.3. The summed E-state index contributed by atoms with van der Waals surface area (Å²) in [4.78, 5) is 14.9. The molecule has 2 atom stereocenters. The summed E-state index contributed by atoms with van der Waals surface area (Å²) in [6, 6.07) is 0.464. The van der Waals surface area contributed by atoms with Crippen molar-refractivity contribution in [3.05, 3.63) is 11.4 Å². The Morgan fingerprint density at radius 1 is 1.32 bits per heavy atom. The second-order valence-corrected chi connectivity index (χ2v) is 8.24. The summed E-state index contributed by atoms with van der Waals surface area (Å²) in [5.74, 6) is -0.0473. The number of methoxy groups -OCH3 is 1. The monoisotopic (exact) mass is 349 g/mol. The number of ether oxygens (including phenoxy) is 1. The van der Waals surface area contributed by atoms with Crippen molar-refractivity contribution in [3.8, 4) is 0 Å². The molecule has 0 bridgehead atoms. The number of hydrogen-bond donors (Lipinski definition) is 1. The van der Waals surface area contributed by atoms with Crippen molar-refractivity contribution < 1.29 is 9.53 Å². The van der Waals surface area contributed by atoms with E-state index >= 15 is 0 Å². The van der Waals surface area contributed by atoms with Gasteiger partial charge in [0.25, 0.3) is 5.91 Å². The number of carbonyl (C=O) groups is 1. The fraction of sp³-hybridized carbons (Fsp3) is 0.833. The lowest BCUT2D eigenvalue weighted by atomic mass is 9.55. The van der Waals surface area contributed by atoms with Crippen molar-refractivity contribution in [2.75, 3.05) is 27.2 Å². The first kappa shape index (κ1) is 18.3. The minimum Gasteiger partial charge on any atom is -0.378 e. The van der Waals surface area contributed by atoms with Crippen LogP contribution >= 0.6 is 0 Å². The van der Waals surface area contributed by atoms with E-state index in [4.69, 9.17) is 4.74 Å². The zero-order valence-corrected chi connectivity index (χ0v) is 16.3. The van der Waals surface area contributed by atoms with Gasteiger partial charge in [0.1, 0.15) is 0 Å². The molecule has 2 heterocycles. The largest absolute Gasteiger partial charge is 0.378 e. The first-order valence-corrected chi connectivity index (χ1v) is 9.18. The predicted molar refractivity (Wildman–Crippen MR) is 95.6 cm³/mol. The standard InChI is InChI=1S/C18H31N5O2/c1-12-15(20-21-23(12)13-7-9-19-10-8-13)16(24)22(5)14-11-18(4,25-6)17(14,2)3/h13-14,19H,7-11H2,1-6H3. The number of nitrogens with one attached hydrogen (secondary N) is 1. The number of piperidine rings is 1. The van der Waals surface area contributed by atoms with Gasteiger partial charge in [0, 0.05) is 25.6 Å². The molecule has 1 amide bonds. The molecule has 3 rings (SSSR count). The molecule has 0 radical (unpaired) electrons. The van der Waals surface area contributed by atoms with Crippen LogP contribution in [0.15, 0.2) is 0 Å². The van der Waals surface area contributed by atoms with Crippen LogP contribution in [0.3, 0.4) is 0 Å². The van der Waals surface area contributed by atoms with Gasteiger partial charge in [-0.2, -0.15) is 0 Å². The molecule has 7 nitrogen and oxygen atoms in total. The average Bonchev–Trinajstić information content (AvgIpc) is 3.00. The normalized spacial score (nSPS) is 29.3. The third-order valence-corrected chi connectivity index (χ3v) is 6.80. The van der Waals surface area contributed by atoms with Crippen LogP contribution < -0.4 is 5.32 Å². The van der Waals surface area contributed by atoms with Crippen molar-refractivity contribution >= 4 is 5.91 Å². The van der Waals surface area contributed by atoms with Crippen LogP contribution in [-0.2, 0) is 4.74 Å². The van der Waals surface area contributed by atoms with E-state index in [9.17, 15) is 4.79 Å². The molecule has 25 heavy (non-hydrogen) atoms. The third kappa shape index (κ3) is 2.77. The Bertz CT molecular complexity index is 650. The fourth-order valence-electron chi connectivity index (χ4n) is 4.32. The van der Waals surface area contributed by atoms with Crippen LogP contribution in [0.25, 0.3) is 0 Å². The predicted octanol–water partition coefficient (Wildman–Crippen LogP) is 1.79. The molecule has 7 heteroatoms. The van der Waals surface area contributed by atoms with E-state index in [0.29, 0.717) is 11.7 Å². The molecule has 1 aromatic rings. The summed E-state index contributed by atoms with van der Waals surface area (Å²) in [6.45, 7) is 10.4. The molecule has 1 aliphatic carbocycles. The maximum Gasteiger partial charge on any atom is 0.276 e. The fourth-order valence-corrected chi connectivity index (χ4v) is 4.32. The molecule has 1 saturated heterocycles. The maximum absolute atomic E-state index is 13.0. The van der Waals surface area contributed by atoms with Crippen LogP contribution in [0, 0.1) is 12.3 Å². The summed E-state index contributed by atoms with van der Waals surface area (Å²) in [5.41, 5.74) is 1.04. The molecule has 140 valence electrons. The minimum absolute atomic E-state index is 0.0473. The first-order valence-electron chi connectivity index (χ1n) is 9.18. The van der Waals surface area contributed by atoms with Crippen LogP contribution in [0.5, 0.6) is 0 Å². The van der Waals surface area contributed by atoms with Gasteiger partial charge in [0.2, 0.25) is 0 Å². The van der Waals surface area contributed by atoms with Crippen LogP contribution in [0.2, 0.25) is 0 Å². The summed E-state index contributed by atoms with van der Waals surface area (Å²) in [5, 5.41) is 11.9. The molecule has 1 aliphatic heterocycles. The van der Waals surface area contributed by atoms with Crippen molar-refractivity contribution in [1.29, 1.82) is 0 Å². The summed E-state index contributed by atoms with van der Waals surface area (Å²) in [7, 11) is 3.61. The number of carbonyl (C=O) groups excluding carboxylic acids is 1. The van der Waals surface area contributed by atoms with E-state index in [1.807, 2.05) is 23.6 Å². The summed E-state index contributed by atoms with van der Waals surface area (Å²) < 4.78 is 7.62. The Morgan fingerprint density at radius 3 is 2.52 bits per heavy atom. The molecule has 2 fully saturated rings. The number of nitrogens with zero attached hydrogens (tertiary/aromatic N) is 4. The Kier molecular flexibility index (Phi) is 4.66. The molecule has 0 aromatic carbocycles. The van der Waals surface area contributed by atoms with Gasteiger partial charge in [-0.1, -0.05) is 19.1 Å². The SMILES string of the molecule is COC1(C)CC(N(C)C(=O)c2nnn(C3CCNCC3)c2C)C1(C)C. The third-order valence-electron chi connectivity index (χ3n) is 6.80. The van der Waals surface area contributed by atoms with Crippen molar-refractivity contribution in [2.45, 2.75) is 64.6 Å². The highest BCUT2D eigenvalue weighted by Gasteiger charge is 2.60. The highest BCUT2D eigenvalue weighted by atomic mass is 16.5. The summed E-state index contributed by atoms with van der Waals surface area (Å²) >= 11 is 0. The topological polar surface area (TPSA) is 72.3 Å². The van der Waals surface area contributed by atoms with Crippen LogP contribution in [-0.4, -0.2) is 64.7 Å². The second kappa shape index (κ2) is 6.36. The Labute approximate surface area is 150 Å². The van der Waals surface area contributed by atoms with Crippen molar-refractivity contribution in [2.24, 2.45) is 5.41 Å². The van der Waals surface area contributed by atoms with Crippen LogP contribution in [0.1, 0.15) is 62.3 Å². The number of rotatable bonds is 4. The van der Waals surface area contributed by atoms with Gasteiger partial charge in [-0.05, 0) is 46.2 Å². The maximum atomic E-state index is 13.0. The molecule has 2 unspecified atom stereocenters. The molecule has 2 aliphatic rings. The van der Waals surface area contributed by atoms with E-state index in [-0.39, 0.29) is 23.0 Å². The lowest BCUT2D eigenvalue weighted by Gasteiger charge is -2.61. The smallest absolute Gasteiger partial charge is 0.276 e. The minimum atomic E-state index is -0.200. The Hall–Kier alpha value is -1.47. The van der Waals surface area contributed by atoms with Gasteiger partial charge in [-0.3, -0.25) is 4.79 Å². The lowest BCUT2D eigenvalue weighted by Crippen LogP contribution is -2.68. The number of amides is 1. The van der Waals surface area contributed by atoms with E-state index < -0.39 is 0 Å². The van der Waals surface area contributed by atoms with E-state index in [2.05, 4.69) is 36.4 Å². The highest BCUT2D eigenvalue weighted by Crippen LogP contribution is 2.53. The molecule has 1 N–H and O–H groups in total. The van der Waals surface area contributed by atoms with E-state index in [1.165, 1.54) is 0 Å². The van der Waals surface area contributed by atoms with E-state index in [1.54, 1.807) is 7.11 Å². The molecular weight excluding hydrogens is 318 g/mol. The quantitative estimate of drug-likeness (QED) is 0.897. The van der Waals surface area contributed by atoms with Gasteiger partial charge in [-0.15, -0.1) is 5.10 Å². The number of aromatic nitrogens is 3. The summed E-state index contributed by atoms with van der Waals surface area (Å²) in [6.07, 6.45) is 2.88. The van der Waals surface area contributed by atoms with Gasteiger partial charge >= 0.3 is 0 Å². The second-order valence-electron chi connectivity index (χ2n) is 8.24. The lowest BCUT2D eigenvalue weighted by molar-refractivity contribution is -0.198. The van der Waals surface area contributed by atoms with Gasteiger partial charge in [-0.25, -0.2) is 4.68 Å². The van der Waals surface area contributed by atoms with Gasteiger partial charge in [0.15, 0.2) is 5.69 Å². The highest BCUT2D eigenvalue weighted by molar-refractivity contribution is 5.93. The zero-order chi connectivity index (χ0) is 18.4. The number of hydrogen-bond acceptors (Lipinski definition) is 5. The molecular formula is C18H31N5O2. The average molecular weight is 349 g/mol.